The standard InChI is InChI=1S/C15H27N/c1-14(2)10-13(11-15(3,4)16-14)12-8-6-5-7-9-12/h8,13,16H,5-7,9-11H2,1-4H3. The zero-order valence-electron chi connectivity index (χ0n) is 11.4. The van der Waals surface area contributed by atoms with E-state index in [1.807, 2.05) is 0 Å². The van der Waals surface area contributed by atoms with Crippen LogP contribution in [0.5, 0.6) is 0 Å². The van der Waals surface area contributed by atoms with Crippen molar-refractivity contribution in [2.75, 3.05) is 0 Å². The SMILES string of the molecule is CC1(C)CC(C2=CCCCC2)CC(C)(C)N1. The summed E-state index contributed by atoms with van der Waals surface area (Å²) in [7, 11) is 0. The minimum atomic E-state index is 0.296. The Morgan fingerprint density at radius 2 is 1.69 bits per heavy atom. The van der Waals surface area contributed by atoms with Crippen molar-refractivity contribution in [3.63, 3.8) is 0 Å². The molecule has 1 heterocycles. The third kappa shape index (κ3) is 2.88. The van der Waals surface area contributed by atoms with Crippen molar-refractivity contribution >= 4 is 0 Å². The Labute approximate surface area is 101 Å². The maximum Gasteiger partial charge on any atom is 0.0135 e. The number of nitrogens with one attached hydrogen (secondary N) is 1. The quantitative estimate of drug-likeness (QED) is 0.659. The smallest absolute Gasteiger partial charge is 0.0135 e. The third-order valence-electron chi connectivity index (χ3n) is 4.04. The van der Waals surface area contributed by atoms with Crippen LogP contribution in [0.1, 0.15) is 66.2 Å². The molecule has 1 aliphatic carbocycles. The molecular weight excluding hydrogens is 194 g/mol. The number of rotatable bonds is 1. The van der Waals surface area contributed by atoms with E-state index in [-0.39, 0.29) is 0 Å². The zero-order valence-corrected chi connectivity index (χ0v) is 11.4. The summed E-state index contributed by atoms with van der Waals surface area (Å²) in [6.45, 7) is 9.41. The van der Waals surface area contributed by atoms with E-state index in [0.717, 1.165) is 5.92 Å². The number of hydrogen-bond acceptors (Lipinski definition) is 1. The maximum absolute atomic E-state index is 3.77. The van der Waals surface area contributed by atoms with Gasteiger partial charge in [0, 0.05) is 11.1 Å². The molecule has 1 saturated heterocycles. The first-order chi connectivity index (χ1) is 7.38. The van der Waals surface area contributed by atoms with E-state index in [1.165, 1.54) is 38.5 Å². The van der Waals surface area contributed by atoms with E-state index in [9.17, 15) is 0 Å². The first kappa shape index (κ1) is 12.2. The molecule has 2 aliphatic rings. The fourth-order valence-electron chi connectivity index (χ4n) is 3.82. The summed E-state index contributed by atoms with van der Waals surface area (Å²) >= 11 is 0. The summed E-state index contributed by atoms with van der Waals surface area (Å²) < 4.78 is 0. The lowest BCUT2D eigenvalue weighted by Crippen LogP contribution is -2.58. The summed E-state index contributed by atoms with van der Waals surface area (Å²) in [6.07, 6.45) is 10.6. The van der Waals surface area contributed by atoms with Gasteiger partial charge < -0.3 is 5.32 Å². The van der Waals surface area contributed by atoms with Crippen LogP contribution < -0.4 is 5.32 Å². The molecule has 0 radical (unpaired) electrons. The number of piperidine rings is 1. The number of allylic oxidation sites excluding steroid dienone is 2. The van der Waals surface area contributed by atoms with Crippen LogP contribution in [0.3, 0.4) is 0 Å². The molecule has 0 saturated carbocycles. The van der Waals surface area contributed by atoms with E-state index < -0.39 is 0 Å². The van der Waals surface area contributed by atoms with Crippen molar-refractivity contribution in [3.05, 3.63) is 11.6 Å². The maximum atomic E-state index is 3.77. The molecule has 1 fully saturated rings. The van der Waals surface area contributed by atoms with Crippen LogP contribution in [0.25, 0.3) is 0 Å². The van der Waals surface area contributed by atoms with Gasteiger partial charge in [-0.05, 0) is 72.1 Å². The highest BCUT2D eigenvalue weighted by Crippen LogP contribution is 2.39. The van der Waals surface area contributed by atoms with Crippen molar-refractivity contribution in [1.29, 1.82) is 0 Å². The van der Waals surface area contributed by atoms with Gasteiger partial charge in [-0.1, -0.05) is 11.6 Å². The molecular formula is C15H27N. The zero-order chi connectivity index (χ0) is 11.8. The fourth-order valence-corrected chi connectivity index (χ4v) is 3.82. The van der Waals surface area contributed by atoms with Gasteiger partial charge in [-0.15, -0.1) is 0 Å². The van der Waals surface area contributed by atoms with Gasteiger partial charge in [-0.3, -0.25) is 0 Å². The van der Waals surface area contributed by atoms with Gasteiger partial charge in [0.2, 0.25) is 0 Å². The lowest BCUT2D eigenvalue weighted by Gasteiger charge is -2.47. The van der Waals surface area contributed by atoms with Gasteiger partial charge in [0.25, 0.3) is 0 Å². The summed E-state index contributed by atoms with van der Waals surface area (Å²) in [6, 6.07) is 0. The highest BCUT2D eigenvalue weighted by molar-refractivity contribution is 5.14. The van der Waals surface area contributed by atoms with Crippen LogP contribution in [0, 0.1) is 5.92 Å². The highest BCUT2D eigenvalue weighted by atomic mass is 15.0. The largest absolute Gasteiger partial charge is 0.307 e. The van der Waals surface area contributed by atoms with Crippen LogP contribution in [-0.2, 0) is 0 Å². The summed E-state index contributed by atoms with van der Waals surface area (Å²) in [4.78, 5) is 0. The van der Waals surface area contributed by atoms with Crippen LogP contribution in [0.15, 0.2) is 11.6 Å². The van der Waals surface area contributed by atoms with Gasteiger partial charge in [0.15, 0.2) is 0 Å². The van der Waals surface area contributed by atoms with Gasteiger partial charge in [-0.25, -0.2) is 0 Å². The minimum absolute atomic E-state index is 0.296. The molecule has 0 amide bonds. The molecule has 0 bridgehead atoms. The van der Waals surface area contributed by atoms with Gasteiger partial charge in [0.05, 0.1) is 0 Å². The lowest BCUT2D eigenvalue weighted by molar-refractivity contribution is 0.142. The molecule has 1 aliphatic heterocycles. The molecule has 0 aromatic carbocycles. The molecule has 1 heteroatoms. The monoisotopic (exact) mass is 221 g/mol. The van der Waals surface area contributed by atoms with E-state index in [2.05, 4.69) is 39.1 Å². The highest BCUT2D eigenvalue weighted by Gasteiger charge is 2.38. The van der Waals surface area contributed by atoms with Crippen LogP contribution in [0.2, 0.25) is 0 Å². The first-order valence-electron chi connectivity index (χ1n) is 6.86. The molecule has 1 N–H and O–H groups in total. The second-order valence-electron chi connectivity index (χ2n) is 7.02. The van der Waals surface area contributed by atoms with Gasteiger partial charge in [0.1, 0.15) is 0 Å². The minimum Gasteiger partial charge on any atom is -0.307 e. The third-order valence-corrected chi connectivity index (χ3v) is 4.04. The molecule has 2 rings (SSSR count). The Bertz CT molecular complexity index is 270. The predicted molar refractivity (Wildman–Crippen MR) is 70.6 cm³/mol. The first-order valence-corrected chi connectivity index (χ1v) is 6.86. The van der Waals surface area contributed by atoms with Crippen LogP contribution in [-0.4, -0.2) is 11.1 Å². The van der Waals surface area contributed by atoms with Crippen molar-refractivity contribution < 1.29 is 0 Å². The molecule has 0 aromatic heterocycles. The summed E-state index contributed by atoms with van der Waals surface area (Å²) in [5, 5.41) is 3.77. The van der Waals surface area contributed by atoms with E-state index in [1.54, 1.807) is 5.57 Å². The van der Waals surface area contributed by atoms with Crippen LogP contribution >= 0.6 is 0 Å². The van der Waals surface area contributed by atoms with Gasteiger partial charge in [-0.2, -0.15) is 0 Å². The Hall–Kier alpha value is -0.300. The second kappa shape index (κ2) is 4.18. The van der Waals surface area contributed by atoms with E-state index >= 15 is 0 Å². The summed E-state index contributed by atoms with van der Waals surface area (Å²) in [5.74, 6) is 0.826. The Kier molecular flexibility index (Phi) is 3.18. The molecule has 1 nitrogen and oxygen atoms in total. The molecule has 92 valence electrons. The average molecular weight is 221 g/mol. The van der Waals surface area contributed by atoms with Crippen molar-refractivity contribution in [2.45, 2.75) is 77.3 Å². The Morgan fingerprint density at radius 3 is 2.19 bits per heavy atom. The Morgan fingerprint density at radius 1 is 1.06 bits per heavy atom. The molecule has 0 spiro atoms. The topological polar surface area (TPSA) is 12.0 Å². The van der Waals surface area contributed by atoms with Crippen molar-refractivity contribution in [2.24, 2.45) is 5.92 Å². The fraction of sp³-hybridized carbons (Fsp3) is 0.867. The lowest BCUT2D eigenvalue weighted by atomic mass is 9.71. The molecule has 0 aromatic rings. The van der Waals surface area contributed by atoms with Crippen molar-refractivity contribution in [3.8, 4) is 0 Å². The normalized spacial score (nSPS) is 29.9. The predicted octanol–water partition coefficient (Wildman–Crippen LogP) is 4.04. The number of hydrogen-bond donors (Lipinski definition) is 1. The van der Waals surface area contributed by atoms with Gasteiger partial charge >= 0.3 is 0 Å². The van der Waals surface area contributed by atoms with E-state index in [4.69, 9.17) is 0 Å². The van der Waals surface area contributed by atoms with Crippen molar-refractivity contribution in [1.82, 2.24) is 5.32 Å². The summed E-state index contributed by atoms with van der Waals surface area (Å²) in [5.41, 5.74) is 2.35. The molecule has 16 heavy (non-hydrogen) atoms. The Balaban J connectivity index is 2.12. The molecule has 0 unspecified atom stereocenters. The van der Waals surface area contributed by atoms with E-state index in [0.29, 0.717) is 11.1 Å². The van der Waals surface area contributed by atoms with Crippen LogP contribution in [0.4, 0.5) is 0 Å². The average Bonchev–Trinajstić information content (AvgIpc) is 2.14. The second-order valence-corrected chi connectivity index (χ2v) is 7.02. The molecule has 0 atom stereocenters.